The Bertz CT molecular complexity index is 1110. The van der Waals surface area contributed by atoms with Crippen LogP contribution in [0.15, 0.2) is 59.1 Å². The van der Waals surface area contributed by atoms with Gasteiger partial charge in [-0.15, -0.1) is 0 Å². The fourth-order valence-corrected chi connectivity index (χ4v) is 4.58. The molecule has 2 aromatic carbocycles. The first-order valence-corrected chi connectivity index (χ1v) is 11.5. The van der Waals surface area contributed by atoms with Gasteiger partial charge in [0.15, 0.2) is 6.61 Å². The van der Waals surface area contributed by atoms with E-state index in [1.807, 2.05) is 53.4 Å². The molecule has 6 heteroatoms. The number of carbonyl (C=O) groups excluding carboxylic acids is 2. The summed E-state index contributed by atoms with van der Waals surface area (Å²) >= 11 is 3.48. The molecule has 1 aliphatic heterocycles. The molecule has 3 aromatic rings. The normalized spacial score (nSPS) is 16.3. The number of benzene rings is 2. The number of carbonyl (C=O) groups is 2. The van der Waals surface area contributed by atoms with Crippen LogP contribution in [0.1, 0.15) is 43.0 Å². The van der Waals surface area contributed by atoms with E-state index in [4.69, 9.17) is 9.72 Å². The monoisotopic (exact) mass is 480 g/mol. The molecule has 0 unspecified atom stereocenters. The summed E-state index contributed by atoms with van der Waals surface area (Å²) in [5, 5.41) is 0.711. The lowest BCUT2D eigenvalue weighted by atomic mass is 10.00. The summed E-state index contributed by atoms with van der Waals surface area (Å²) in [6.45, 7) is 2.59. The highest BCUT2D eigenvalue weighted by molar-refractivity contribution is 9.10. The van der Waals surface area contributed by atoms with Gasteiger partial charge < -0.3 is 9.64 Å². The lowest BCUT2D eigenvalue weighted by Gasteiger charge is -2.35. The van der Waals surface area contributed by atoms with Crippen molar-refractivity contribution in [3.8, 4) is 11.3 Å². The molecule has 0 bridgehead atoms. The van der Waals surface area contributed by atoms with Crippen LogP contribution in [-0.4, -0.2) is 41.0 Å². The summed E-state index contributed by atoms with van der Waals surface area (Å²) in [5.41, 5.74) is 2.70. The second kappa shape index (κ2) is 9.60. The summed E-state index contributed by atoms with van der Waals surface area (Å²) in [4.78, 5) is 32.3. The highest BCUT2D eigenvalue weighted by Gasteiger charge is 2.26. The molecule has 0 saturated carbocycles. The van der Waals surface area contributed by atoms with Crippen LogP contribution < -0.4 is 0 Å². The van der Waals surface area contributed by atoms with Crippen LogP contribution in [0.5, 0.6) is 0 Å². The topological polar surface area (TPSA) is 59.5 Å². The van der Waals surface area contributed by atoms with Crippen molar-refractivity contribution in [2.75, 3.05) is 13.2 Å². The van der Waals surface area contributed by atoms with Crippen molar-refractivity contribution in [1.82, 2.24) is 9.88 Å². The van der Waals surface area contributed by atoms with E-state index < -0.39 is 5.97 Å². The number of piperidine rings is 1. The molecule has 1 atom stereocenters. The van der Waals surface area contributed by atoms with Crippen molar-refractivity contribution in [2.45, 2.75) is 38.6 Å². The average molecular weight is 481 g/mol. The number of esters is 1. The van der Waals surface area contributed by atoms with E-state index >= 15 is 0 Å². The van der Waals surface area contributed by atoms with Crippen LogP contribution >= 0.6 is 15.9 Å². The smallest absolute Gasteiger partial charge is 0.339 e. The van der Waals surface area contributed by atoms with Crippen LogP contribution in [0.25, 0.3) is 22.2 Å². The lowest BCUT2D eigenvalue weighted by molar-refractivity contribution is -0.138. The predicted octanol–water partition coefficient (Wildman–Crippen LogP) is 5.61. The molecule has 0 spiro atoms. The van der Waals surface area contributed by atoms with E-state index in [1.54, 1.807) is 6.07 Å². The fourth-order valence-electron chi connectivity index (χ4n) is 4.18. The van der Waals surface area contributed by atoms with Gasteiger partial charge in [-0.05, 0) is 49.9 Å². The van der Waals surface area contributed by atoms with Gasteiger partial charge in [0, 0.05) is 28.0 Å². The SMILES string of the molecule is CC[C@@H]1CCCCN1C(=O)COC(=O)c1cc(-c2cccc(Br)c2)nc2ccccc12. The van der Waals surface area contributed by atoms with Crippen LogP contribution in [0, 0.1) is 0 Å². The average Bonchev–Trinajstić information content (AvgIpc) is 2.81. The minimum absolute atomic E-state index is 0.120. The summed E-state index contributed by atoms with van der Waals surface area (Å²) < 4.78 is 6.42. The third-order valence-corrected chi connectivity index (χ3v) is 6.30. The maximum Gasteiger partial charge on any atom is 0.339 e. The molecule has 1 aromatic heterocycles. The van der Waals surface area contributed by atoms with Crippen molar-refractivity contribution in [1.29, 1.82) is 0 Å². The molecule has 2 heterocycles. The van der Waals surface area contributed by atoms with Crippen LogP contribution in [0.3, 0.4) is 0 Å². The second-order valence-electron chi connectivity index (χ2n) is 7.80. The third kappa shape index (κ3) is 4.79. The Morgan fingerprint density at radius 2 is 1.97 bits per heavy atom. The number of para-hydroxylation sites is 1. The summed E-state index contributed by atoms with van der Waals surface area (Å²) in [7, 11) is 0. The number of fused-ring (bicyclic) bond motifs is 1. The molecule has 0 aliphatic carbocycles. The molecule has 1 saturated heterocycles. The highest BCUT2D eigenvalue weighted by Crippen LogP contribution is 2.27. The van der Waals surface area contributed by atoms with Gasteiger partial charge in [0.2, 0.25) is 0 Å². The van der Waals surface area contributed by atoms with Crippen molar-refractivity contribution < 1.29 is 14.3 Å². The zero-order valence-electron chi connectivity index (χ0n) is 17.5. The van der Waals surface area contributed by atoms with E-state index in [1.165, 1.54) is 0 Å². The lowest BCUT2D eigenvalue weighted by Crippen LogP contribution is -2.45. The van der Waals surface area contributed by atoms with Crippen molar-refractivity contribution in [2.24, 2.45) is 0 Å². The second-order valence-corrected chi connectivity index (χ2v) is 8.72. The molecule has 0 N–H and O–H groups in total. The van der Waals surface area contributed by atoms with Gasteiger partial charge in [-0.2, -0.15) is 0 Å². The van der Waals surface area contributed by atoms with Crippen molar-refractivity contribution in [3.63, 3.8) is 0 Å². The molecule has 0 radical (unpaired) electrons. The highest BCUT2D eigenvalue weighted by atomic mass is 79.9. The zero-order valence-corrected chi connectivity index (χ0v) is 19.1. The minimum Gasteiger partial charge on any atom is -0.452 e. The molecule has 4 rings (SSSR count). The van der Waals surface area contributed by atoms with Crippen LogP contribution in [-0.2, 0) is 9.53 Å². The van der Waals surface area contributed by atoms with Gasteiger partial charge in [0.05, 0.1) is 16.8 Å². The molecule has 160 valence electrons. The number of amides is 1. The molecule has 1 fully saturated rings. The van der Waals surface area contributed by atoms with E-state index in [0.717, 1.165) is 42.3 Å². The third-order valence-electron chi connectivity index (χ3n) is 5.80. The number of halogens is 1. The number of hydrogen-bond acceptors (Lipinski definition) is 4. The van der Waals surface area contributed by atoms with Gasteiger partial charge in [-0.3, -0.25) is 4.79 Å². The largest absolute Gasteiger partial charge is 0.452 e. The Labute approximate surface area is 190 Å². The number of pyridine rings is 1. The first-order chi connectivity index (χ1) is 15.1. The van der Waals surface area contributed by atoms with E-state index in [9.17, 15) is 9.59 Å². The van der Waals surface area contributed by atoms with Gasteiger partial charge in [0.1, 0.15) is 0 Å². The zero-order chi connectivity index (χ0) is 21.8. The maximum atomic E-state index is 13.0. The van der Waals surface area contributed by atoms with Crippen molar-refractivity contribution in [3.05, 3.63) is 64.6 Å². The molecule has 31 heavy (non-hydrogen) atoms. The molecule has 5 nitrogen and oxygen atoms in total. The molecule has 1 amide bonds. The standard InChI is InChI=1S/C25H25BrN2O3/c1-2-19-10-5-6-13-28(19)24(29)16-31-25(30)21-15-23(17-8-7-9-18(26)14-17)27-22-12-4-3-11-20(21)22/h3-4,7-9,11-12,14-15,19H,2,5-6,10,13,16H2,1H3/t19-/m1/s1. The van der Waals surface area contributed by atoms with Crippen LogP contribution in [0.2, 0.25) is 0 Å². The van der Waals surface area contributed by atoms with Crippen molar-refractivity contribution >= 4 is 38.7 Å². The summed E-state index contributed by atoms with van der Waals surface area (Å²) in [6.07, 6.45) is 4.08. The quantitative estimate of drug-likeness (QED) is 0.445. The maximum absolute atomic E-state index is 13.0. The molecule has 1 aliphatic rings. The summed E-state index contributed by atoms with van der Waals surface area (Å²) in [5.74, 6) is -0.626. The molecular formula is C25H25BrN2O3. The Morgan fingerprint density at radius 3 is 2.77 bits per heavy atom. The Balaban J connectivity index is 1.59. The predicted molar refractivity (Wildman–Crippen MR) is 125 cm³/mol. The van der Waals surface area contributed by atoms with Gasteiger partial charge in [-0.25, -0.2) is 9.78 Å². The summed E-state index contributed by atoms with van der Waals surface area (Å²) in [6, 6.07) is 17.2. The first kappa shape index (κ1) is 21.5. The van der Waals surface area contributed by atoms with Gasteiger partial charge in [-0.1, -0.05) is 53.2 Å². The molecular weight excluding hydrogens is 456 g/mol. The van der Waals surface area contributed by atoms with Gasteiger partial charge in [0.25, 0.3) is 5.91 Å². The Morgan fingerprint density at radius 1 is 1.13 bits per heavy atom. The number of rotatable bonds is 5. The number of likely N-dealkylation sites (tertiary alicyclic amines) is 1. The van der Waals surface area contributed by atoms with Gasteiger partial charge >= 0.3 is 5.97 Å². The number of aromatic nitrogens is 1. The number of ether oxygens (including phenoxy) is 1. The minimum atomic E-state index is -0.506. The number of nitrogens with zero attached hydrogens (tertiary/aromatic N) is 2. The Hall–Kier alpha value is -2.73. The van der Waals surface area contributed by atoms with Crippen LogP contribution in [0.4, 0.5) is 0 Å². The van der Waals surface area contributed by atoms with E-state index in [0.29, 0.717) is 22.2 Å². The van der Waals surface area contributed by atoms with E-state index in [-0.39, 0.29) is 18.6 Å². The number of hydrogen-bond donors (Lipinski definition) is 0. The first-order valence-electron chi connectivity index (χ1n) is 10.7. The Kier molecular flexibility index (Phi) is 6.66. The fraction of sp³-hybridized carbons (Fsp3) is 0.320. The van der Waals surface area contributed by atoms with E-state index in [2.05, 4.69) is 22.9 Å².